The maximum atomic E-state index is 13.6. The van der Waals surface area contributed by atoms with Crippen molar-refractivity contribution in [3.63, 3.8) is 0 Å². The third kappa shape index (κ3) is 2.37. The first-order valence-electron chi connectivity index (χ1n) is 6.17. The van der Waals surface area contributed by atoms with E-state index in [9.17, 15) is 23.5 Å². The van der Waals surface area contributed by atoms with Gasteiger partial charge in [0.15, 0.2) is 17.4 Å². The van der Waals surface area contributed by atoms with Gasteiger partial charge in [-0.05, 0) is 30.9 Å². The zero-order valence-electron chi connectivity index (χ0n) is 10.3. The highest BCUT2D eigenvalue weighted by atomic mass is 19.2. The van der Waals surface area contributed by atoms with Crippen molar-refractivity contribution in [1.82, 2.24) is 0 Å². The number of carbonyl (C=O) groups is 2. The van der Waals surface area contributed by atoms with Crippen LogP contribution in [-0.2, 0) is 16.0 Å². The van der Waals surface area contributed by atoms with E-state index in [4.69, 9.17) is 0 Å². The molecule has 0 saturated heterocycles. The molecular weight excluding hydrogens is 254 g/mol. The lowest BCUT2D eigenvalue weighted by atomic mass is 9.69. The Hall–Kier alpha value is -1.78. The zero-order valence-corrected chi connectivity index (χ0v) is 10.3. The monoisotopic (exact) mass is 268 g/mol. The number of rotatable bonds is 3. The molecule has 0 aromatic heterocycles. The van der Waals surface area contributed by atoms with Crippen molar-refractivity contribution in [3.05, 3.63) is 35.4 Å². The topological polar surface area (TPSA) is 54.4 Å². The molecule has 0 aliphatic heterocycles. The number of aliphatic carboxylic acids is 1. The summed E-state index contributed by atoms with van der Waals surface area (Å²) in [4.78, 5) is 23.4. The SMILES string of the molecule is O=C(O)C1(Cc2cccc(F)c2F)CCCCC1=O. The minimum Gasteiger partial charge on any atom is -0.480 e. The van der Waals surface area contributed by atoms with Crippen molar-refractivity contribution < 1.29 is 23.5 Å². The molecule has 0 radical (unpaired) electrons. The summed E-state index contributed by atoms with van der Waals surface area (Å²) in [5.74, 6) is -3.74. The maximum Gasteiger partial charge on any atom is 0.317 e. The van der Waals surface area contributed by atoms with Crippen LogP contribution in [0.1, 0.15) is 31.2 Å². The van der Waals surface area contributed by atoms with Crippen LogP contribution in [0.15, 0.2) is 18.2 Å². The number of hydrogen-bond donors (Lipinski definition) is 1. The Morgan fingerprint density at radius 2 is 2.05 bits per heavy atom. The van der Waals surface area contributed by atoms with Crippen LogP contribution in [0.25, 0.3) is 0 Å². The molecule has 2 rings (SSSR count). The number of Topliss-reactive ketones (excluding diaryl/α,β-unsaturated/α-hetero) is 1. The lowest BCUT2D eigenvalue weighted by Crippen LogP contribution is -2.43. The van der Waals surface area contributed by atoms with Gasteiger partial charge >= 0.3 is 5.97 Å². The van der Waals surface area contributed by atoms with Gasteiger partial charge in [-0.25, -0.2) is 8.78 Å². The Morgan fingerprint density at radius 1 is 1.32 bits per heavy atom. The van der Waals surface area contributed by atoms with Gasteiger partial charge < -0.3 is 5.11 Å². The minimum atomic E-state index is -1.60. The fourth-order valence-electron chi connectivity index (χ4n) is 2.59. The predicted molar refractivity (Wildman–Crippen MR) is 63.6 cm³/mol. The third-order valence-corrected chi connectivity index (χ3v) is 3.72. The van der Waals surface area contributed by atoms with Crippen molar-refractivity contribution >= 4 is 11.8 Å². The number of halogens is 2. The van der Waals surface area contributed by atoms with Crippen molar-refractivity contribution in [3.8, 4) is 0 Å². The van der Waals surface area contributed by atoms with Gasteiger partial charge in [-0.1, -0.05) is 18.6 Å². The van der Waals surface area contributed by atoms with Crippen LogP contribution in [0.2, 0.25) is 0 Å². The second kappa shape index (κ2) is 5.07. The van der Waals surface area contributed by atoms with Gasteiger partial charge in [0.05, 0.1) is 0 Å². The van der Waals surface area contributed by atoms with E-state index in [0.717, 1.165) is 6.07 Å². The Balaban J connectivity index is 2.39. The highest BCUT2D eigenvalue weighted by Gasteiger charge is 2.47. The van der Waals surface area contributed by atoms with Gasteiger partial charge in [0, 0.05) is 6.42 Å². The van der Waals surface area contributed by atoms with Gasteiger partial charge in [-0.15, -0.1) is 0 Å². The Bertz CT molecular complexity index is 527. The lowest BCUT2D eigenvalue weighted by Gasteiger charge is -2.31. The predicted octanol–water partition coefficient (Wildman–Crippen LogP) is 2.72. The number of benzene rings is 1. The fourth-order valence-corrected chi connectivity index (χ4v) is 2.59. The van der Waals surface area contributed by atoms with E-state index >= 15 is 0 Å². The summed E-state index contributed by atoms with van der Waals surface area (Å²) in [6.45, 7) is 0. The standard InChI is InChI=1S/C14H14F2O3/c15-10-5-3-4-9(12(10)16)8-14(13(18)19)7-2-1-6-11(14)17/h3-5H,1-2,6-8H2,(H,18,19). The first kappa shape index (κ1) is 13.6. The van der Waals surface area contributed by atoms with Crippen molar-refractivity contribution in [2.75, 3.05) is 0 Å². The molecule has 1 saturated carbocycles. The van der Waals surface area contributed by atoms with Crippen molar-refractivity contribution in [2.24, 2.45) is 5.41 Å². The molecule has 5 heteroatoms. The number of hydrogen-bond acceptors (Lipinski definition) is 2. The summed E-state index contributed by atoms with van der Waals surface area (Å²) < 4.78 is 26.8. The van der Waals surface area contributed by atoms with E-state index in [1.54, 1.807) is 0 Å². The van der Waals surface area contributed by atoms with Crippen LogP contribution in [0.5, 0.6) is 0 Å². The fraction of sp³-hybridized carbons (Fsp3) is 0.429. The summed E-state index contributed by atoms with van der Waals surface area (Å²) in [6.07, 6.45) is 1.33. The zero-order chi connectivity index (χ0) is 14.0. The van der Waals surface area contributed by atoms with Gasteiger partial charge in [-0.2, -0.15) is 0 Å². The molecule has 1 aliphatic carbocycles. The maximum absolute atomic E-state index is 13.6. The average molecular weight is 268 g/mol. The highest BCUT2D eigenvalue weighted by molar-refractivity contribution is 6.03. The molecule has 3 nitrogen and oxygen atoms in total. The molecule has 1 unspecified atom stereocenters. The molecule has 0 spiro atoms. The van der Waals surface area contributed by atoms with Crippen LogP contribution in [0.4, 0.5) is 8.78 Å². The van der Waals surface area contributed by atoms with E-state index in [1.165, 1.54) is 12.1 Å². The number of carboxylic acid groups (broad SMARTS) is 1. The molecule has 0 bridgehead atoms. The minimum absolute atomic E-state index is 0.0577. The van der Waals surface area contributed by atoms with E-state index in [1.807, 2.05) is 0 Å². The van der Waals surface area contributed by atoms with Crippen LogP contribution in [-0.4, -0.2) is 16.9 Å². The molecule has 19 heavy (non-hydrogen) atoms. The van der Waals surface area contributed by atoms with Crippen LogP contribution in [0.3, 0.4) is 0 Å². The molecule has 0 heterocycles. The van der Waals surface area contributed by atoms with Gasteiger partial charge in [0.1, 0.15) is 5.41 Å². The van der Waals surface area contributed by atoms with E-state index < -0.39 is 28.8 Å². The summed E-state index contributed by atoms with van der Waals surface area (Å²) >= 11 is 0. The summed E-state index contributed by atoms with van der Waals surface area (Å²) in [5, 5.41) is 9.34. The molecule has 1 aromatic rings. The van der Waals surface area contributed by atoms with Crippen LogP contribution >= 0.6 is 0 Å². The van der Waals surface area contributed by atoms with Gasteiger partial charge in [0.2, 0.25) is 0 Å². The number of ketones is 1. The van der Waals surface area contributed by atoms with E-state index in [-0.39, 0.29) is 24.8 Å². The van der Waals surface area contributed by atoms with Crippen molar-refractivity contribution in [1.29, 1.82) is 0 Å². The smallest absolute Gasteiger partial charge is 0.317 e. The quantitative estimate of drug-likeness (QED) is 0.857. The Morgan fingerprint density at radius 3 is 2.68 bits per heavy atom. The average Bonchev–Trinajstić information content (AvgIpc) is 2.37. The molecule has 0 amide bonds. The van der Waals surface area contributed by atoms with Gasteiger partial charge in [-0.3, -0.25) is 9.59 Å². The molecule has 1 fully saturated rings. The molecule has 1 aromatic carbocycles. The highest BCUT2D eigenvalue weighted by Crippen LogP contribution is 2.37. The van der Waals surface area contributed by atoms with E-state index in [0.29, 0.717) is 12.8 Å². The Labute approximate surface area is 109 Å². The molecule has 102 valence electrons. The summed E-state index contributed by atoms with van der Waals surface area (Å²) in [5.41, 5.74) is -1.66. The lowest BCUT2D eigenvalue weighted by molar-refractivity contribution is -0.157. The second-order valence-corrected chi connectivity index (χ2v) is 4.91. The number of carboxylic acids is 1. The number of carbonyl (C=O) groups excluding carboxylic acids is 1. The largest absolute Gasteiger partial charge is 0.480 e. The molecular formula is C14H14F2O3. The van der Waals surface area contributed by atoms with E-state index in [2.05, 4.69) is 0 Å². The second-order valence-electron chi connectivity index (χ2n) is 4.91. The first-order valence-corrected chi connectivity index (χ1v) is 6.17. The van der Waals surface area contributed by atoms with Crippen LogP contribution in [0, 0.1) is 17.0 Å². The third-order valence-electron chi connectivity index (χ3n) is 3.72. The van der Waals surface area contributed by atoms with Crippen LogP contribution < -0.4 is 0 Å². The summed E-state index contributed by atoms with van der Waals surface area (Å²) in [6, 6.07) is 3.61. The molecule has 1 atom stereocenters. The van der Waals surface area contributed by atoms with Crippen molar-refractivity contribution in [2.45, 2.75) is 32.1 Å². The normalized spacial score (nSPS) is 23.4. The molecule has 1 aliphatic rings. The Kier molecular flexibility index (Phi) is 3.64. The molecule has 1 N–H and O–H groups in total. The summed E-state index contributed by atoms with van der Waals surface area (Å²) in [7, 11) is 0. The van der Waals surface area contributed by atoms with Gasteiger partial charge in [0.25, 0.3) is 0 Å². The first-order chi connectivity index (χ1) is 8.97.